The van der Waals surface area contributed by atoms with Crippen molar-refractivity contribution in [1.82, 2.24) is 5.32 Å². The first-order chi connectivity index (χ1) is 10.9. The van der Waals surface area contributed by atoms with Gasteiger partial charge in [-0.3, -0.25) is 9.10 Å². The maximum absolute atomic E-state index is 12.0. The van der Waals surface area contributed by atoms with Crippen LogP contribution in [-0.4, -0.2) is 33.7 Å². The van der Waals surface area contributed by atoms with Crippen LogP contribution in [0, 0.1) is 0 Å². The second-order valence-electron chi connectivity index (χ2n) is 4.93. The molecule has 0 fully saturated rings. The van der Waals surface area contributed by atoms with Crippen LogP contribution in [0.4, 0.5) is 5.69 Å². The molecule has 0 aliphatic rings. The molecule has 0 atom stereocenters. The summed E-state index contributed by atoms with van der Waals surface area (Å²) < 4.78 is 26.1. The molecule has 2 aromatic rings. The average molecular weight is 397 g/mol. The lowest BCUT2D eigenvalue weighted by Crippen LogP contribution is -2.38. The van der Waals surface area contributed by atoms with Crippen LogP contribution >= 0.6 is 15.9 Å². The van der Waals surface area contributed by atoms with Gasteiger partial charge in [0.1, 0.15) is 0 Å². The summed E-state index contributed by atoms with van der Waals surface area (Å²) in [6, 6.07) is 15.8. The SMILES string of the molecule is CS(=O)(=O)N(CCNC(=O)c1ccccc1)c1ccc(Br)cc1. The highest BCUT2D eigenvalue weighted by Gasteiger charge is 2.17. The first-order valence-electron chi connectivity index (χ1n) is 6.94. The summed E-state index contributed by atoms with van der Waals surface area (Å²) >= 11 is 3.32. The summed E-state index contributed by atoms with van der Waals surface area (Å²) in [5.41, 5.74) is 1.10. The number of nitrogens with zero attached hydrogens (tertiary/aromatic N) is 1. The maximum atomic E-state index is 12.0. The lowest BCUT2D eigenvalue weighted by molar-refractivity contribution is 0.0955. The first-order valence-corrected chi connectivity index (χ1v) is 9.58. The molecule has 0 unspecified atom stereocenters. The molecule has 0 saturated carbocycles. The van der Waals surface area contributed by atoms with Crippen LogP contribution in [0.1, 0.15) is 10.4 Å². The number of carbonyl (C=O) groups is 1. The van der Waals surface area contributed by atoms with Gasteiger partial charge in [-0.15, -0.1) is 0 Å². The zero-order chi connectivity index (χ0) is 16.9. The quantitative estimate of drug-likeness (QED) is 0.815. The standard InChI is InChI=1S/C16H17BrN2O3S/c1-23(21,22)19(15-9-7-14(17)8-10-15)12-11-18-16(20)13-5-3-2-4-6-13/h2-10H,11-12H2,1H3,(H,18,20). The van der Waals surface area contributed by atoms with Gasteiger partial charge in [-0.2, -0.15) is 0 Å². The van der Waals surface area contributed by atoms with Crippen molar-refractivity contribution >= 4 is 37.5 Å². The monoisotopic (exact) mass is 396 g/mol. The normalized spacial score (nSPS) is 11.0. The zero-order valence-corrected chi connectivity index (χ0v) is 15.0. The molecule has 0 heterocycles. The van der Waals surface area contributed by atoms with E-state index in [0.717, 1.165) is 10.7 Å². The summed E-state index contributed by atoms with van der Waals surface area (Å²) in [5, 5.41) is 2.73. The lowest BCUT2D eigenvalue weighted by Gasteiger charge is -2.22. The van der Waals surface area contributed by atoms with Gasteiger partial charge in [0.25, 0.3) is 5.91 Å². The fourth-order valence-corrected chi connectivity index (χ4v) is 3.25. The van der Waals surface area contributed by atoms with Crippen molar-refractivity contribution in [1.29, 1.82) is 0 Å². The molecule has 5 nitrogen and oxygen atoms in total. The molecule has 23 heavy (non-hydrogen) atoms. The van der Waals surface area contributed by atoms with Crippen LogP contribution in [0.25, 0.3) is 0 Å². The highest BCUT2D eigenvalue weighted by atomic mass is 79.9. The minimum absolute atomic E-state index is 0.166. The number of carbonyl (C=O) groups excluding carboxylic acids is 1. The van der Waals surface area contributed by atoms with Crippen LogP contribution in [-0.2, 0) is 10.0 Å². The predicted molar refractivity (Wildman–Crippen MR) is 95.1 cm³/mol. The van der Waals surface area contributed by atoms with Crippen molar-refractivity contribution in [2.24, 2.45) is 0 Å². The molecular formula is C16H17BrN2O3S. The summed E-state index contributed by atoms with van der Waals surface area (Å²) in [5.74, 6) is -0.227. The van der Waals surface area contributed by atoms with E-state index in [4.69, 9.17) is 0 Å². The Kier molecular flexibility index (Phi) is 5.79. The molecule has 0 radical (unpaired) electrons. The Morgan fingerprint density at radius 3 is 2.26 bits per heavy atom. The Balaban J connectivity index is 2.02. The Morgan fingerprint density at radius 2 is 1.70 bits per heavy atom. The molecule has 1 N–H and O–H groups in total. The van der Waals surface area contributed by atoms with Crippen molar-refractivity contribution in [2.45, 2.75) is 0 Å². The molecule has 0 aliphatic heterocycles. The molecule has 0 aliphatic carbocycles. The minimum Gasteiger partial charge on any atom is -0.350 e. The van der Waals surface area contributed by atoms with Gasteiger partial charge in [0.05, 0.1) is 18.5 Å². The third-order valence-electron chi connectivity index (χ3n) is 3.15. The molecular weight excluding hydrogens is 380 g/mol. The molecule has 7 heteroatoms. The Morgan fingerprint density at radius 1 is 1.09 bits per heavy atom. The number of benzene rings is 2. The Bertz CT molecular complexity index is 762. The van der Waals surface area contributed by atoms with Gasteiger partial charge in [0.15, 0.2) is 0 Å². The Labute approximate surface area is 144 Å². The van der Waals surface area contributed by atoms with Gasteiger partial charge < -0.3 is 5.32 Å². The second-order valence-corrected chi connectivity index (χ2v) is 7.76. The molecule has 0 spiro atoms. The van der Waals surface area contributed by atoms with Crippen LogP contribution in [0.2, 0.25) is 0 Å². The van der Waals surface area contributed by atoms with Gasteiger partial charge in [0, 0.05) is 16.6 Å². The maximum Gasteiger partial charge on any atom is 0.251 e. The first kappa shape index (κ1) is 17.5. The zero-order valence-electron chi connectivity index (χ0n) is 12.6. The van der Waals surface area contributed by atoms with Gasteiger partial charge in [-0.05, 0) is 36.4 Å². The van der Waals surface area contributed by atoms with E-state index in [0.29, 0.717) is 11.3 Å². The van der Waals surface area contributed by atoms with E-state index in [1.165, 1.54) is 4.31 Å². The van der Waals surface area contributed by atoms with E-state index in [9.17, 15) is 13.2 Å². The molecule has 0 bridgehead atoms. The van der Waals surface area contributed by atoms with Crippen molar-refractivity contribution in [2.75, 3.05) is 23.7 Å². The molecule has 0 saturated heterocycles. The fourth-order valence-electron chi connectivity index (χ4n) is 2.06. The van der Waals surface area contributed by atoms with Crippen LogP contribution in [0.5, 0.6) is 0 Å². The van der Waals surface area contributed by atoms with Crippen molar-refractivity contribution < 1.29 is 13.2 Å². The number of hydrogen-bond acceptors (Lipinski definition) is 3. The summed E-state index contributed by atoms with van der Waals surface area (Å²) in [6.45, 7) is 0.385. The number of hydrogen-bond donors (Lipinski definition) is 1. The largest absolute Gasteiger partial charge is 0.350 e. The van der Waals surface area contributed by atoms with Crippen molar-refractivity contribution in [3.63, 3.8) is 0 Å². The van der Waals surface area contributed by atoms with E-state index in [1.54, 1.807) is 48.5 Å². The Hall–Kier alpha value is -1.86. The minimum atomic E-state index is -3.43. The van der Waals surface area contributed by atoms with Crippen molar-refractivity contribution in [3.8, 4) is 0 Å². The number of sulfonamides is 1. The third-order valence-corrected chi connectivity index (χ3v) is 4.87. The molecule has 2 rings (SSSR count). The van der Waals surface area contributed by atoms with E-state index in [-0.39, 0.29) is 19.0 Å². The highest BCUT2D eigenvalue weighted by Crippen LogP contribution is 2.20. The topological polar surface area (TPSA) is 66.5 Å². The number of nitrogens with one attached hydrogen (secondary N) is 1. The molecule has 0 aromatic heterocycles. The van der Waals surface area contributed by atoms with Crippen LogP contribution < -0.4 is 9.62 Å². The summed E-state index contributed by atoms with van der Waals surface area (Å²) in [6.07, 6.45) is 1.15. The van der Waals surface area contributed by atoms with Gasteiger partial charge >= 0.3 is 0 Å². The van der Waals surface area contributed by atoms with Gasteiger partial charge in [-0.25, -0.2) is 8.42 Å². The molecule has 1 amide bonds. The smallest absolute Gasteiger partial charge is 0.251 e. The van der Waals surface area contributed by atoms with E-state index in [1.807, 2.05) is 6.07 Å². The predicted octanol–water partition coefficient (Wildman–Crippen LogP) is 2.65. The summed E-state index contributed by atoms with van der Waals surface area (Å²) in [4.78, 5) is 12.0. The van der Waals surface area contributed by atoms with Crippen molar-refractivity contribution in [3.05, 3.63) is 64.6 Å². The number of rotatable bonds is 6. The fraction of sp³-hybridized carbons (Fsp3) is 0.188. The summed E-state index contributed by atoms with van der Waals surface area (Å²) in [7, 11) is -3.43. The van der Waals surface area contributed by atoms with E-state index >= 15 is 0 Å². The lowest BCUT2D eigenvalue weighted by atomic mass is 10.2. The number of anilines is 1. The van der Waals surface area contributed by atoms with Gasteiger partial charge in [-0.1, -0.05) is 34.1 Å². The van der Waals surface area contributed by atoms with Crippen LogP contribution in [0.3, 0.4) is 0 Å². The van der Waals surface area contributed by atoms with E-state index in [2.05, 4.69) is 21.2 Å². The van der Waals surface area contributed by atoms with Crippen LogP contribution in [0.15, 0.2) is 59.1 Å². The molecule has 2 aromatic carbocycles. The number of amides is 1. The number of halogens is 1. The highest BCUT2D eigenvalue weighted by molar-refractivity contribution is 9.10. The average Bonchev–Trinajstić information content (AvgIpc) is 2.52. The van der Waals surface area contributed by atoms with Gasteiger partial charge in [0.2, 0.25) is 10.0 Å². The van der Waals surface area contributed by atoms with E-state index < -0.39 is 10.0 Å². The molecule has 122 valence electrons. The third kappa shape index (κ3) is 5.07. The second kappa shape index (κ2) is 7.61.